The number of aromatic nitrogens is 4. The molecule has 1 aliphatic heterocycles. The highest BCUT2D eigenvalue weighted by molar-refractivity contribution is 5.95. The van der Waals surface area contributed by atoms with Gasteiger partial charge in [0, 0.05) is 31.7 Å². The molecule has 0 N–H and O–H groups in total. The molecular formula is C27H36N6O5. The standard InChI is InChI=1S/C27H36N6O5/c1-5-35-22-11-9-21(10-12-22)33-25(28-29-30-33)19-31-13-15-32(16-14-31)27(34)20-17-23(36-6-2)26(38-8-4)24(18-20)37-7-3/h9-12,17-18H,5-8,13-16,19H2,1-4H3. The van der Waals surface area contributed by atoms with Crippen LogP contribution in [0.1, 0.15) is 43.9 Å². The van der Waals surface area contributed by atoms with Gasteiger partial charge in [0.05, 0.1) is 38.7 Å². The Hall–Kier alpha value is -3.86. The van der Waals surface area contributed by atoms with Crippen molar-refractivity contribution in [3.05, 3.63) is 47.8 Å². The number of ether oxygens (including phenoxy) is 4. The van der Waals surface area contributed by atoms with E-state index in [2.05, 4.69) is 20.4 Å². The van der Waals surface area contributed by atoms with Crippen molar-refractivity contribution in [2.45, 2.75) is 34.2 Å². The number of piperazine rings is 1. The number of hydrogen-bond donors (Lipinski definition) is 0. The Bertz CT molecular complexity index is 1160. The Labute approximate surface area is 223 Å². The van der Waals surface area contributed by atoms with Gasteiger partial charge in [-0.2, -0.15) is 4.68 Å². The highest BCUT2D eigenvalue weighted by Gasteiger charge is 2.26. The second-order valence-electron chi connectivity index (χ2n) is 8.60. The van der Waals surface area contributed by atoms with E-state index in [1.807, 2.05) is 56.9 Å². The molecule has 1 saturated heterocycles. The molecular weight excluding hydrogens is 488 g/mol. The SMILES string of the molecule is CCOc1ccc(-n2nnnc2CN2CCN(C(=O)c3cc(OCC)c(OCC)c(OCC)c3)CC2)cc1. The van der Waals surface area contributed by atoms with Gasteiger partial charge in [-0.3, -0.25) is 9.69 Å². The number of benzene rings is 2. The molecule has 0 unspecified atom stereocenters. The number of tetrazole rings is 1. The lowest BCUT2D eigenvalue weighted by molar-refractivity contribution is 0.0623. The van der Waals surface area contributed by atoms with Crippen LogP contribution in [0.2, 0.25) is 0 Å². The molecule has 0 atom stereocenters. The Balaban J connectivity index is 1.41. The number of carbonyl (C=O) groups is 1. The maximum Gasteiger partial charge on any atom is 0.254 e. The van der Waals surface area contributed by atoms with Gasteiger partial charge in [-0.15, -0.1) is 5.10 Å². The van der Waals surface area contributed by atoms with Crippen LogP contribution in [-0.2, 0) is 6.54 Å². The number of hydrogen-bond acceptors (Lipinski definition) is 9. The molecule has 0 aliphatic carbocycles. The largest absolute Gasteiger partial charge is 0.494 e. The van der Waals surface area contributed by atoms with E-state index >= 15 is 0 Å². The zero-order valence-corrected chi connectivity index (χ0v) is 22.6. The average molecular weight is 525 g/mol. The summed E-state index contributed by atoms with van der Waals surface area (Å²) in [7, 11) is 0. The molecule has 38 heavy (non-hydrogen) atoms. The minimum absolute atomic E-state index is 0.0613. The zero-order valence-electron chi connectivity index (χ0n) is 22.6. The fourth-order valence-electron chi connectivity index (χ4n) is 4.36. The molecule has 1 fully saturated rings. The number of carbonyl (C=O) groups excluding carboxylic acids is 1. The van der Waals surface area contributed by atoms with E-state index in [1.54, 1.807) is 16.8 Å². The maximum absolute atomic E-state index is 13.4. The Kier molecular flexibility index (Phi) is 9.36. The summed E-state index contributed by atoms with van der Waals surface area (Å²) in [5, 5.41) is 12.3. The first kappa shape index (κ1) is 27.2. The van der Waals surface area contributed by atoms with Gasteiger partial charge >= 0.3 is 0 Å². The number of rotatable bonds is 12. The van der Waals surface area contributed by atoms with E-state index in [9.17, 15) is 4.79 Å². The van der Waals surface area contributed by atoms with Crippen LogP contribution in [0.3, 0.4) is 0 Å². The van der Waals surface area contributed by atoms with Gasteiger partial charge in [-0.1, -0.05) is 0 Å². The maximum atomic E-state index is 13.4. The van der Waals surface area contributed by atoms with Crippen molar-refractivity contribution in [2.75, 3.05) is 52.6 Å². The molecule has 11 nitrogen and oxygen atoms in total. The third-order valence-electron chi connectivity index (χ3n) is 6.11. The van der Waals surface area contributed by atoms with Crippen LogP contribution in [-0.4, -0.2) is 88.5 Å². The monoisotopic (exact) mass is 524 g/mol. The van der Waals surface area contributed by atoms with Crippen molar-refractivity contribution >= 4 is 5.91 Å². The lowest BCUT2D eigenvalue weighted by atomic mass is 10.1. The van der Waals surface area contributed by atoms with Crippen LogP contribution in [0, 0.1) is 0 Å². The zero-order chi connectivity index (χ0) is 26.9. The second kappa shape index (κ2) is 13.1. The summed E-state index contributed by atoms with van der Waals surface area (Å²) in [5.74, 6) is 3.05. The molecule has 2 aromatic carbocycles. The van der Waals surface area contributed by atoms with E-state index in [-0.39, 0.29) is 5.91 Å². The molecule has 3 aromatic rings. The lowest BCUT2D eigenvalue weighted by Gasteiger charge is -2.34. The molecule has 0 bridgehead atoms. The molecule has 1 amide bonds. The summed E-state index contributed by atoms with van der Waals surface area (Å²) in [6.07, 6.45) is 0. The van der Waals surface area contributed by atoms with Crippen molar-refractivity contribution in [3.8, 4) is 28.7 Å². The van der Waals surface area contributed by atoms with Crippen LogP contribution < -0.4 is 18.9 Å². The first-order chi connectivity index (χ1) is 18.6. The van der Waals surface area contributed by atoms with Crippen molar-refractivity contribution in [1.82, 2.24) is 30.0 Å². The summed E-state index contributed by atoms with van der Waals surface area (Å²) in [6.45, 7) is 12.8. The fourth-order valence-corrected chi connectivity index (χ4v) is 4.36. The van der Waals surface area contributed by atoms with Gasteiger partial charge in [-0.25, -0.2) is 0 Å². The minimum Gasteiger partial charge on any atom is -0.494 e. The average Bonchev–Trinajstić information content (AvgIpc) is 3.39. The van der Waals surface area contributed by atoms with Crippen LogP contribution in [0.15, 0.2) is 36.4 Å². The molecule has 0 radical (unpaired) electrons. The molecule has 1 aliphatic rings. The van der Waals surface area contributed by atoms with E-state index in [4.69, 9.17) is 18.9 Å². The van der Waals surface area contributed by atoms with Crippen LogP contribution >= 0.6 is 0 Å². The van der Waals surface area contributed by atoms with E-state index in [0.717, 1.165) is 17.3 Å². The van der Waals surface area contributed by atoms with Crippen molar-refractivity contribution in [3.63, 3.8) is 0 Å². The van der Waals surface area contributed by atoms with Crippen LogP contribution in [0.4, 0.5) is 0 Å². The van der Waals surface area contributed by atoms with Crippen LogP contribution in [0.25, 0.3) is 5.69 Å². The van der Waals surface area contributed by atoms with Crippen molar-refractivity contribution in [1.29, 1.82) is 0 Å². The summed E-state index contributed by atoms with van der Waals surface area (Å²) in [4.78, 5) is 17.5. The predicted octanol–water partition coefficient (Wildman–Crippen LogP) is 3.22. The summed E-state index contributed by atoms with van der Waals surface area (Å²) < 4.78 is 24.6. The van der Waals surface area contributed by atoms with Crippen molar-refractivity contribution in [2.24, 2.45) is 0 Å². The van der Waals surface area contributed by atoms with E-state index in [1.165, 1.54) is 0 Å². The van der Waals surface area contributed by atoms with Gasteiger partial charge in [-0.05, 0) is 74.5 Å². The second-order valence-corrected chi connectivity index (χ2v) is 8.60. The third kappa shape index (κ3) is 6.34. The quantitative estimate of drug-likeness (QED) is 0.353. The highest BCUT2D eigenvalue weighted by Crippen LogP contribution is 2.39. The van der Waals surface area contributed by atoms with E-state index < -0.39 is 0 Å². The smallest absolute Gasteiger partial charge is 0.254 e. The lowest BCUT2D eigenvalue weighted by Crippen LogP contribution is -2.48. The highest BCUT2D eigenvalue weighted by atomic mass is 16.5. The molecule has 2 heterocycles. The summed E-state index contributed by atoms with van der Waals surface area (Å²) >= 11 is 0. The minimum atomic E-state index is -0.0613. The molecule has 1 aromatic heterocycles. The Morgan fingerprint density at radius 3 is 2.00 bits per heavy atom. The van der Waals surface area contributed by atoms with Crippen LogP contribution in [0.5, 0.6) is 23.0 Å². The molecule has 0 spiro atoms. The first-order valence-electron chi connectivity index (χ1n) is 13.2. The third-order valence-corrected chi connectivity index (χ3v) is 6.11. The number of nitrogens with zero attached hydrogens (tertiary/aromatic N) is 6. The topological polar surface area (TPSA) is 104 Å². The number of amides is 1. The fraction of sp³-hybridized carbons (Fsp3) is 0.481. The normalized spacial score (nSPS) is 13.8. The summed E-state index contributed by atoms with van der Waals surface area (Å²) in [6, 6.07) is 11.2. The van der Waals surface area contributed by atoms with Gasteiger partial charge in [0.1, 0.15) is 5.75 Å². The first-order valence-corrected chi connectivity index (χ1v) is 13.2. The van der Waals surface area contributed by atoms with Gasteiger partial charge in [0.2, 0.25) is 5.75 Å². The van der Waals surface area contributed by atoms with E-state index in [0.29, 0.717) is 82.0 Å². The van der Waals surface area contributed by atoms with Crippen molar-refractivity contribution < 1.29 is 23.7 Å². The molecule has 0 saturated carbocycles. The summed E-state index contributed by atoms with van der Waals surface area (Å²) in [5.41, 5.74) is 1.39. The predicted molar refractivity (Wildman–Crippen MR) is 141 cm³/mol. The van der Waals surface area contributed by atoms with Gasteiger partial charge in [0.15, 0.2) is 17.3 Å². The Morgan fingerprint density at radius 1 is 0.816 bits per heavy atom. The molecule has 204 valence electrons. The molecule has 11 heteroatoms. The van der Waals surface area contributed by atoms with Gasteiger partial charge < -0.3 is 23.8 Å². The Morgan fingerprint density at radius 2 is 1.42 bits per heavy atom. The van der Waals surface area contributed by atoms with Gasteiger partial charge in [0.25, 0.3) is 5.91 Å². The molecule has 4 rings (SSSR count).